The largest absolute Gasteiger partial charge is 0.351 e. The highest BCUT2D eigenvalue weighted by Crippen LogP contribution is 1.93. The van der Waals surface area contributed by atoms with Crippen molar-refractivity contribution in [1.29, 1.82) is 0 Å². The van der Waals surface area contributed by atoms with Gasteiger partial charge in [0.05, 0.1) is 0 Å². The standard InChI is InChI=1S/C8H10N4O2/c9-7(13)12-8(14)11-5-6-2-1-3-10-4-6/h1-4H,5H2,(H4,9,11,12,13,14). The lowest BCUT2D eigenvalue weighted by Crippen LogP contribution is -2.41. The summed E-state index contributed by atoms with van der Waals surface area (Å²) < 4.78 is 0. The van der Waals surface area contributed by atoms with Crippen molar-refractivity contribution in [1.82, 2.24) is 15.6 Å². The molecule has 0 saturated carbocycles. The molecule has 6 heteroatoms. The fourth-order valence-electron chi connectivity index (χ4n) is 0.841. The second-order valence-corrected chi connectivity index (χ2v) is 2.53. The number of nitrogens with one attached hydrogen (secondary N) is 2. The lowest BCUT2D eigenvalue weighted by atomic mass is 10.3. The first-order chi connectivity index (χ1) is 6.68. The molecule has 0 bridgehead atoms. The zero-order chi connectivity index (χ0) is 10.4. The van der Waals surface area contributed by atoms with E-state index >= 15 is 0 Å². The second-order valence-electron chi connectivity index (χ2n) is 2.53. The number of nitrogens with two attached hydrogens (primary N) is 1. The molecule has 0 spiro atoms. The summed E-state index contributed by atoms with van der Waals surface area (Å²) in [7, 11) is 0. The summed E-state index contributed by atoms with van der Waals surface area (Å²) in [6, 6.07) is 2.05. The number of amides is 4. The van der Waals surface area contributed by atoms with Crippen molar-refractivity contribution in [2.24, 2.45) is 5.73 Å². The van der Waals surface area contributed by atoms with Crippen LogP contribution in [-0.4, -0.2) is 17.0 Å². The topological polar surface area (TPSA) is 97.1 Å². The van der Waals surface area contributed by atoms with Crippen LogP contribution in [0.1, 0.15) is 5.56 Å². The van der Waals surface area contributed by atoms with Crippen LogP contribution in [0.2, 0.25) is 0 Å². The predicted molar refractivity (Wildman–Crippen MR) is 49.2 cm³/mol. The minimum Gasteiger partial charge on any atom is -0.351 e. The van der Waals surface area contributed by atoms with Gasteiger partial charge in [0.25, 0.3) is 0 Å². The molecule has 4 N–H and O–H groups in total. The fraction of sp³-hybridized carbons (Fsp3) is 0.125. The molecule has 74 valence electrons. The molecule has 0 aliphatic carbocycles. The Bertz CT molecular complexity index is 325. The van der Waals surface area contributed by atoms with E-state index in [1.54, 1.807) is 24.5 Å². The van der Waals surface area contributed by atoms with Gasteiger partial charge in [0.1, 0.15) is 0 Å². The number of urea groups is 2. The average molecular weight is 194 g/mol. The van der Waals surface area contributed by atoms with E-state index in [0.29, 0.717) is 6.54 Å². The lowest BCUT2D eigenvalue weighted by molar-refractivity contribution is 0.231. The molecule has 0 aliphatic heterocycles. The number of hydrogen-bond acceptors (Lipinski definition) is 3. The normalized spacial score (nSPS) is 9.14. The molecular weight excluding hydrogens is 184 g/mol. The van der Waals surface area contributed by atoms with E-state index in [-0.39, 0.29) is 0 Å². The van der Waals surface area contributed by atoms with Gasteiger partial charge in [-0.15, -0.1) is 0 Å². The average Bonchev–Trinajstić information content (AvgIpc) is 2.15. The predicted octanol–water partition coefficient (Wildman–Crippen LogP) is -0.0405. The third-order valence-corrected chi connectivity index (χ3v) is 1.41. The highest BCUT2D eigenvalue weighted by atomic mass is 16.2. The molecule has 4 amide bonds. The van der Waals surface area contributed by atoms with E-state index in [1.165, 1.54) is 0 Å². The fourth-order valence-corrected chi connectivity index (χ4v) is 0.841. The van der Waals surface area contributed by atoms with E-state index in [0.717, 1.165) is 5.56 Å². The molecule has 1 rings (SSSR count). The summed E-state index contributed by atoms with van der Waals surface area (Å²) in [6.45, 7) is 0.299. The van der Waals surface area contributed by atoms with Gasteiger partial charge in [-0.1, -0.05) is 6.07 Å². The molecule has 6 nitrogen and oxygen atoms in total. The third-order valence-electron chi connectivity index (χ3n) is 1.41. The number of rotatable bonds is 2. The number of hydrogen-bond donors (Lipinski definition) is 3. The summed E-state index contributed by atoms with van der Waals surface area (Å²) in [5, 5.41) is 4.32. The molecule has 0 aliphatic rings. The molecule has 0 radical (unpaired) electrons. The molecule has 0 saturated heterocycles. The maximum absolute atomic E-state index is 10.9. The van der Waals surface area contributed by atoms with Gasteiger partial charge in [-0.2, -0.15) is 0 Å². The zero-order valence-electron chi connectivity index (χ0n) is 7.36. The summed E-state index contributed by atoms with van der Waals surface area (Å²) in [5.41, 5.74) is 5.58. The van der Waals surface area contributed by atoms with Crippen molar-refractivity contribution in [3.63, 3.8) is 0 Å². The van der Waals surface area contributed by atoms with Crippen LogP contribution >= 0.6 is 0 Å². The lowest BCUT2D eigenvalue weighted by Gasteiger charge is -2.03. The molecule has 1 aromatic rings. The number of aromatic nitrogens is 1. The van der Waals surface area contributed by atoms with Crippen LogP contribution in [0.25, 0.3) is 0 Å². The van der Waals surface area contributed by atoms with Crippen LogP contribution in [0.5, 0.6) is 0 Å². The number of imide groups is 1. The van der Waals surface area contributed by atoms with Gasteiger partial charge in [0, 0.05) is 18.9 Å². The van der Waals surface area contributed by atoms with Crippen molar-refractivity contribution >= 4 is 12.1 Å². The Kier molecular flexibility index (Phi) is 3.42. The highest BCUT2D eigenvalue weighted by Gasteiger charge is 2.01. The van der Waals surface area contributed by atoms with E-state index < -0.39 is 12.1 Å². The first-order valence-electron chi connectivity index (χ1n) is 3.91. The third kappa shape index (κ3) is 3.53. The Morgan fingerprint density at radius 3 is 2.86 bits per heavy atom. The quantitative estimate of drug-likeness (QED) is 0.616. The van der Waals surface area contributed by atoms with Crippen molar-refractivity contribution in [3.05, 3.63) is 30.1 Å². The summed E-state index contributed by atoms with van der Waals surface area (Å²) >= 11 is 0. The van der Waals surface area contributed by atoms with E-state index in [9.17, 15) is 9.59 Å². The smallest absolute Gasteiger partial charge is 0.323 e. The minimum absolute atomic E-state index is 0.299. The van der Waals surface area contributed by atoms with Crippen molar-refractivity contribution < 1.29 is 9.59 Å². The van der Waals surface area contributed by atoms with Gasteiger partial charge in [0.15, 0.2) is 0 Å². The Labute approximate surface area is 80.5 Å². The first kappa shape index (κ1) is 9.97. The molecular formula is C8H10N4O2. The van der Waals surface area contributed by atoms with Crippen LogP contribution in [-0.2, 0) is 6.54 Å². The van der Waals surface area contributed by atoms with Crippen molar-refractivity contribution in [2.75, 3.05) is 0 Å². The summed E-state index contributed by atoms with van der Waals surface area (Å²) in [6.07, 6.45) is 3.25. The monoisotopic (exact) mass is 194 g/mol. The highest BCUT2D eigenvalue weighted by molar-refractivity contribution is 5.92. The molecule has 14 heavy (non-hydrogen) atoms. The zero-order valence-corrected chi connectivity index (χ0v) is 7.36. The molecule has 0 atom stereocenters. The maximum Gasteiger partial charge on any atom is 0.323 e. The Morgan fingerprint density at radius 1 is 1.50 bits per heavy atom. The van der Waals surface area contributed by atoms with Gasteiger partial charge >= 0.3 is 12.1 Å². The molecule has 0 unspecified atom stereocenters. The number of primary amides is 1. The molecule has 0 aromatic carbocycles. The van der Waals surface area contributed by atoms with E-state index in [4.69, 9.17) is 5.73 Å². The van der Waals surface area contributed by atoms with Crippen LogP contribution < -0.4 is 16.4 Å². The Hall–Kier alpha value is -2.11. The number of nitrogens with zero attached hydrogens (tertiary/aromatic N) is 1. The van der Waals surface area contributed by atoms with Crippen LogP contribution in [0, 0.1) is 0 Å². The number of pyridine rings is 1. The molecule has 0 fully saturated rings. The Morgan fingerprint density at radius 2 is 2.29 bits per heavy atom. The van der Waals surface area contributed by atoms with Gasteiger partial charge in [-0.05, 0) is 11.6 Å². The SMILES string of the molecule is NC(=O)NC(=O)NCc1cccnc1. The van der Waals surface area contributed by atoms with Gasteiger partial charge in [-0.25, -0.2) is 9.59 Å². The first-order valence-corrected chi connectivity index (χ1v) is 3.91. The number of carbonyl (C=O) groups is 2. The van der Waals surface area contributed by atoms with E-state index in [1.807, 2.05) is 5.32 Å². The summed E-state index contributed by atoms with van der Waals surface area (Å²) in [4.78, 5) is 25.0. The molecule has 1 heterocycles. The summed E-state index contributed by atoms with van der Waals surface area (Å²) in [5.74, 6) is 0. The van der Waals surface area contributed by atoms with Crippen LogP contribution in [0.4, 0.5) is 9.59 Å². The molecule has 1 aromatic heterocycles. The van der Waals surface area contributed by atoms with Crippen LogP contribution in [0.3, 0.4) is 0 Å². The Balaban J connectivity index is 2.34. The second kappa shape index (κ2) is 4.80. The van der Waals surface area contributed by atoms with E-state index in [2.05, 4.69) is 10.3 Å². The number of carbonyl (C=O) groups excluding carboxylic acids is 2. The maximum atomic E-state index is 10.9. The van der Waals surface area contributed by atoms with Gasteiger partial charge in [-0.3, -0.25) is 10.3 Å². The van der Waals surface area contributed by atoms with Crippen LogP contribution in [0.15, 0.2) is 24.5 Å². The van der Waals surface area contributed by atoms with Crippen molar-refractivity contribution in [2.45, 2.75) is 6.54 Å². The van der Waals surface area contributed by atoms with Gasteiger partial charge < -0.3 is 11.1 Å². The van der Waals surface area contributed by atoms with Gasteiger partial charge in [0.2, 0.25) is 0 Å². The minimum atomic E-state index is -0.881. The van der Waals surface area contributed by atoms with Crippen molar-refractivity contribution in [3.8, 4) is 0 Å².